The topological polar surface area (TPSA) is 57.8 Å². The Bertz CT molecular complexity index is 642. The van der Waals surface area contributed by atoms with Gasteiger partial charge in [0.05, 0.1) is 0 Å². The molecule has 2 aromatic rings. The van der Waals surface area contributed by atoms with Crippen molar-refractivity contribution in [2.45, 2.75) is 17.8 Å². The normalized spacial score (nSPS) is 10.5. The molecule has 0 atom stereocenters. The molecular formula is C13H14ClN3OS. The van der Waals surface area contributed by atoms with Crippen LogP contribution in [-0.2, 0) is 5.75 Å². The number of nitrogens with one attached hydrogen (secondary N) is 2. The van der Waals surface area contributed by atoms with Gasteiger partial charge in [0.1, 0.15) is 0 Å². The maximum absolute atomic E-state index is 11.3. The smallest absolute Gasteiger partial charge is 0.251 e. The highest BCUT2D eigenvalue weighted by Gasteiger charge is 2.05. The largest absolute Gasteiger partial charge is 0.388 e. The fraction of sp³-hybridized carbons (Fsp3) is 0.231. The maximum atomic E-state index is 11.3. The minimum atomic E-state index is -0.134. The van der Waals surface area contributed by atoms with Crippen molar-refractivity contribution < 1.29 is 0 Å². The standard InChI is InChI=1S/C13H14ClN3OS/c1-8-5-12(18)17-13(16-8)19-7-9-6-10(15-2)3-4-11(9)14/h3-6,15H,7H2,1-2H3,(H,16,17,18). The molecule has 0 aliphatic heterocycles. The van der Waals surface area contributed by atoms with Crippen LogP contribution in [0.4, 0.5) is 5.69 Å². The molecule has 0 amide bonds. The lowest BCUT2D eigenvalue weighted by Crippen LogP contribution is -2.08. The Balaban J connectivity index is 2.16. The van der Waals surface area contributed by atoms with E-state index in [-0.39, 0.29) is 5.56 Å². The van der Waals surface area contributed by atoms with Crippen LogP contribution in [0.3, 0.4) is 0 Å². The lowest BCUT2D eigenvalue weighted by molar-refractivity contribution is 0.905. The molecule has 0 radical (unpaired) electrons. The molecule has 1 heterocycles. The highest BCUT2D eigenvalue weighted by Crippen LogP contribution is 2.26. The number of nitrogens with zero attached hydrogens (tertiary/aromatic N) is 1. The van der Waals surface area contributed by atoms with E-state index in [0.29, 0.717) is 21.6 Å². The van der Waals surface area contributed by atoms with Gasteiger partial charge in [-0.25, -0.2) is 4.98 Å². The molecule has 2 N–H and O–H groups in total. The van der Waals surface area contributed by atoms with E-state index in [0.717, 1.165) is 11.3 Å². The number of thioether (sulfide) groups is 1. The Morgan fingerprint density at radius 1 is 1.42 bits per heavy atom. The first-order chi connectivity index (χ1) is 9.08. The van der Waals surface area contributed by atoms with Gasteiger partial charge in [0, 0.05) is 35.3 Å². The predicted octanol–water partition coefficient (Wildman–Crippen LogP) is 3.07. The van der Waals surface area contributed by atoms with Crippen LogP contribution in [0.25, 0.3) is 0 Å². The van der Waals surface area contributed by atoms with Crippen LogP contribution in [0, 0.1) is 6.92 Å². The van der Waals surface area contributed by atoms with Crippen molar-refractivity contribution in [2.75, 3.05) is 12.4 Å². The van der Waals surface area contributed by atoms with Gasteiger partial charge in [-0.05, 0) is 30.7 Å². The van der Waals surface area contributed by atoms with Crippen molar-refractivity contribution in [3.63, 3.8) is 0 Å². The number of hydrogen-bond donors (Lipinski definition) is 2. The summed E-state index contributed by atoms with van der Waals surface area (Å²) in [7, 11) is 1.86. The summed E-state index contributed by atoms with van der Waals surface area (Å²) >= 11 is 7.60. The number of anilines is 1. The first-order valence-corrected chi connectivity index (χ1v) is 7.12. The number of rotatable bonds is 4. The Morgan fingerprint density at radius 2 is 2.21 bits per heavy atom. The van der Waals surface area contributed by atoms with Crippen molar-refractivity contribution in [3.05, 3.63) is 50.9 Å². The van der Waals surface area contributed by atoms with Gasteiger partial charge < -0.3 is 10.3 Å². The fourth-order valence-corrected chi connectivity index (χ4v) is 2.78. The molecule has 0 spiro atoms. The SMILES string of the molecule is CNc1ccc(Cl)c(CSc2nc(C)cc(=O)[nH]2)c1. The summed E-state index contributed by atoms with van der Waals surface area (Å²) in [6.07, 6.45) is 0. The lowest BCUT2D eigenvalue weighted by Gasteiger charge is -2.07. The predicted molar refractivity (Wildman–Crippen MR) is 80.2 cm³/mol. The Kier molecular flexibility index (Phi) is 4.50. The van der Waals surface area contributed by atoms with Gasteiger partial charge in [0.25, 0.3) is 5.56 Å². The molecule has 0 unspecified atom stereocenters. The summed E-state index contributed by atoms with van der Waals surface area (Å²) in [4.78, 5) is 18.3. The molecule has 4 nitrogen and oxygen atoms in total. The van der Waals surface area contributed by atoms with Crippen LogP contribution in [0.2, 0.25) is 5.02 Å². The molecule has 0 aliphatic rings. The molecule has 0 saturated carbocycles. The average Bonchev–Trinajstić information content (AvgIpc) is 2.37. The summed E-state index contributed by atoms with van der Waals surface area (Å²) in [5.41, 5.74) is 2.58. The Hall–Kier alpha value is -1.46. The zero-order chi connectivity index (χ0) is 13.8. The number of aryl methyl sites for hydroxylation is 1. The van der Waals surface area contributed by atoms with Gasteiger partial charge in [-0.1, -0.05) is 23.4 Å². The van der Waals surface area contributed by atoms with Gasteiger partial charge in [-0.3, -0.25) is 4.79 Å². The van der Waals surface area contributed by atoms with Crippen LogP contribution < -0.4 is 10.9 Å². The summed E-state index contributed by atoms with van der Waals surface area (Å²) in [5.74, 6) is 0.654. The molecule has 100 valence electrons. The van der Waals surface area contributed by atoms with Crippen LogP contribution >= 0.6 is 23.4 Å². The zero-order valence-electron chi connectivity index (χ0n) is 10.7. The van der Waals surface area contributed by atoms with E-state index in [1.807, 2.05) is 25.2 Å². The van der Waals surface area contributed by atoms with Gasteiger partial charge in [-0.2, -0.15) is 0 Å². The maximum Gasteiger partial charge on any atom is 0.251 e. The molecule has 1 aromatic carbocycles. The highest BCUT2D eigenvalue weighted by atomic mass is 35.5. The third-order valence-corrected chi connectivity index (χ3v) is 3.84. The summed E-state index contributed by atoms with van der Waals surface area (Å²) in [5, 5.41) is 4.39. The molecule has 0 aliphatic carbocycles. The average molecular weight is 296 g/mol. The number of benzene rings is 1. The second-order valence-electron chi connectivity index (χ2n) is 4.04. The Morgan fingerprint density at radius 3 is 2.89 bits per heavy atom. The lowest BCUT2D eigenvalue weighted by atomic mass is 10.2. The van der Waals surface area contributed by atoms with Crippen LogP contribution in [0.5, 0.6) is 0 Å². The van der Waals surface area contributed by atoms with Crippen molar-refractivity contribution in [1.82, 2.24) is 9.97 Å². The quantitative estimate of drug-likeness (QED) is 0.672. The second-order valence-corrected chi connectivity index (χ2v) is 5.41. The third kappa shape index (κ3) is 3.75. The molecular weight excluding hydrogens is 282 g/mol. The molecule has 0 saturated heterocycles. The number of halogens is 1. The van der Waals surface area contributed by atoms with E-state index in [4.69, 9.17) is 11.6 Å². The van der Waals surface area contributed by atoms with Crippen LogP contribution in [-0.4, -0.2) is 17.0 Å². The van der Waals surface area contributed by atoms with E-state index in [2.05, 4.69) is 15.3 Å². The minimum absolute atomic E-state index is 0.134. The molecule has 6 heteroatoms. The van der Waals surface area contributed by atoms with E-state index in [1.165, 1.54) is 17.8 Å². The number of aromatic amines is 1. The van der Waals surface area contributed by atoms with Gasteiger partial charge in [0.2, 0.25) is 0 Å². The number of hydrogen-bond acceptors (Lipinski definition) is 4. The monoisotopic (exact) mass is 295 g/mol. The van der Waals surface area contributed by atoms with Crippen molar-refractivity contribution >= 4 is 29.1 Å². The minimum Gasteiger partial charge on any atom is -0.388 e. The summed E-state index contributed by atoms with van der Waals surface area (Å²) in [6, 6.07) is 7.24. The van der Waals surface area contributed by atoms with E-state index < -0.39 is 0 Å². The van der Waals surface area contributed by atoms with Crippen molar-refractivity contribution in [3.8, 4) is 0 Å². The first kappa shape index (κ1) is 14.0. The highest BCUT2D eigenvalue weighted by molar-refractivity contribution is 7.98. The molecule has 1 aromatic heterocycles. The molecule has 19 heavy (non-hydrogen) atoms. The van der Waals surface area contributed by atoms with E-state index in [1.54, 1.807) is 6.92 Å². The molecule has 2 rings (SSSR count). The first-order valence-electron chi connectivity index (χ1n) is 5.75. The molecule has 0 bridgehead atoms. The van der Waals surface area contributed by atoms with Gasteiger partial charge >= 0.3 is 0 Å². The zero-order valence-corrected chi connectivity index (χ0v) is 12.2. The van der Waals surface area contributed by atoms with Gasteiger partial charge in [-0.15, -0.1) is 0 Å². The van der Waals surface area contributed by atoms with Crippen molar-refractivity contribution in [1.29, 1.82) is 0 Å². The fourth-order valence-electron chi connectivity index (χ4n) is 1.61. The van der Waals surface area contributed by atoms with E-state index >= 15 is 0 Å². The summed E-state index contributed by atoms with van der Waals surface area (Å²) in [6.45, 7) is 1.80. The number of H-pyrrole nitrogens is 1. The third-order valence-electron chi connectivity index (χ3n) is 2.55. The Labute approximate surface area is 120 Å². The van der Waals surface area contributed by atoms with Crippen LogP contribution in [0.1, 0.15) is 11.3 Å². The number of aromatic nitrogens is 2. The van der Waals surface area contributed by atoms with Crippen LogP contribution in [0.15, 0.2) is 34.2 Å². The van der Waals surface area contributed by atoms with E-state index in [9.17, 15) is 4.79 Å². The summed E-state index contributed by atoms with van der Waals surface area (Å²) < 4.78 is 0. The van der Waals surface area contributed by atoms with Crippen molar-refractivity contribution in [2.24, 2.45) is 0 Å². The van der Waals surface area contributed by atoms with Gasteiger partial charge in [0.15, 0.2) is 5.16 Å². The second kappa shape index (κ2) is 6.12. The molecule has 0 fully saturated rings.